The van der Waals surface area contributed by atoms with Crippen LogP contribution in [0, 0.1) is 6.92 Å². The lowest BCUT2D eigenvalue weighted by Crippen LogP contribution is -1.97. The summed E-state index contributed by atoms with van der Waals surface area (Å²) in [7, 11) is 0. The number of carbonyl (C=O) groups excluding carboxylic acids is 1. The molecule has 2 nitrogen and oxygen atoms in total. The van der Waals surface area contributed by atoms with Gasteiger partial charge in [-0.15, -0.1) is 0 Å². The fourth-order valence-electron chi connectivity index (χ4n) is 1.99. The second kappa shape index (κ2) is 4.15. The topological polar surface area (TPSA) is 26.3 Å². The smallest absolute Gasteiger partial charge is 0.231 e. The molecule has 3 rings (SSSR count). The Morgan fingerprint density at radius 1 is 1.06 bits per heavy atom. The van der Waals surface area contributed by atoms with Crippen LogP contribution in [-0.2, 0) is 0 Å². The minimum absolute atomic E-state index is 0.0474. The van der Waals surface area contributed by atoms with E-state index in [1.165, 1.54) is 0 Å². The molecule has 0 aromatic heterocycles. The van der Waals surface area contributed by atoms with Crippen LogP contribution in [0.4, 0.5) is 0 Å². The fraction of sp³-hybridized carbons (Fsp3) is 0.0625. The van der Waals surface area contributed by atoms with Crippen molar-refractivity contribution in [3.63, 3.8) is 0 Å². The van der Waals surface area contributed by atoms with Crippen molar-refractivity contribution in [1.82, 2.24) is 0 Å². The zero-order chi connectivity index (χ0) is 12.5. The van der Waals surface area contributed by atoms with Crippen LogP contribution in [0.2, 0.25) is 0 Å². The molecule has 1 aliphatic rings. The van der Waals surface area contributed by atoms with E-state index in [9.17, 15) is 4.79 Å². The maximum absolute atomic E-state index is 12.1. The number of allylic oxidation sites excluding steroid dienone is 1. The summed E-state index contributed by atoms with van der Waals surface area (Å²) in [6.45, 7) is 1.98. The first-order valence-corrected chi connectivity index (χ1v) is 5.84. The molecule has 0 bridgehead atoms. The van der Waals surface area contributed by atoms with Gasteiger partial charge in [-0.3, -0.25) is 4.79 Å². The van der Waals surface area contributed by atoms with Crippen LogP contribution in [0.3, 0.4) is 0 Å². The highest BCUT2D eigenvalue weighted by molar-refractivity contribution is 6.14. The Kier molecular flexibility index (Phi) is 2.49. The second-order valence-corrected chi connectivity index (χ2v) is 4.35. The Morgan fingerprint density at radius 2 is 1.83 bits per heavy atom. The quantitative estimate of drug-likeness (QED) is 0.707. The number of hydrogen-bond acceptors (Lipinski definition) is 2. The Morgan fingerprint density at radius 3 is 2.61 bits per heavy atom. The number of fused-ring (bicyclic) bond motifs is 1. The molecule has 0 amide bonds. The van der Waals surface area contributed by atoms with Gasteiger partial charge in [-0.25, -0.2) is 0 Å². The maximum atomic E-state index is 12.1. The van der Waals surface area contributed by atoms with E-state index in [0.29, 0.717) is 17.1 Å². The van der Waals surface area contributed by atoms with Crippen LogP contribution in [-0.4, -0.2) is 5.78 Å². The summed E-state index contributed by atoms with van der Waals surface area (Å²) in [5.74, 6) is 0.998. The van der Waals surface area contributed by atoms with E-state index in [2.05, 4.69) is 0 Å². The third-order valence-electron chi connectivity index (χ3n) is 2.92. The van der Waals surface area contributed by atoms with Crippen molar-refractivity contribution in [3.05, 3.63) is 71.0 Å². The van der Waals surface area contributed by atoms with Crippen molar-refractivity contribution in [1.29, 1.82) is 0 Å². The van der Waals surface area contributed by atoms with Gasteiger partial charge >= 0.3 is 0 Å². The second-order valence-electron chi connectivity index (χ2n) is 4.35. The van der Waals surface area contributed by atoms with Crippen LogP contribution < -0.4 is 4.74 Å². The Balaban J connectivity index is 2.00. The molecule has 0 N–H and O–H groups in total. The number of benzene rings is 2. The molecule has 2 heteroatoms. The standard InChI is InChI=1S/C16H12O2/c1-11-7-8-13-14(9-11)18-15(16(13)17)10-12-5-3-2-4-6-12/h2-10H,1H3/b15-10-. The van der Waals surface area contributed by atoms with E-state index >= 15 is 0 Å². The predicted octanol–water partition coefficient (Wildman–Crippen LogP) is 3.61. The van der Waals surface area contributed by atoms with Crippen molar-refractivity contribution in [2.45, 2.75) is 6.92 Å². The van der Waals surface area contributed by atoms with E-state index in [-0.39, 0.29) is 5.78 Å². The molecule has 0 spiro atoms. The molecule has 0 aliphatic carbocycles. The summed E-state index contributed by atoms with van der Waals surface area (Å²) in [6, 6.07) is 15.3. The van der Waals surface area contributed by atoms with Gasteiger partial charge in [0.25, 0.3) is 0 Å². The molecule has 1 heterocycles. The average Bonchev–Trinajstić information content (AvgIpc) is 2.67. The summed E-state index contributed by atoms with van der Waals surface area (Å²) < 4.78 is 5.62. The highest BCUT2D eigenvalue weighted by Crippen LogP contribution is 2.32. The first-order chi connectivity index (χ1) is 8.74. The Hall–Kier alpha value is -2.35. The third-order valence-corrected chi connectivity index (χ3v) is 2.92. The number of hydrogen-bond donors (Lipinski definition) is 0. The normalized spacial score (nSPS) is 15.6. The Labute approximate surface area is 106 Å². The molecule has 0 saturated carbocycles. The molecule has 0 radical (unpaired) electrons. The van der Waals surface area contributed by atoms with Gasteiger partial charge in [0.1, 0.15) is 5.75 Å². The van der Waals surface area contributed by atoms with Gasteiger partial charge in [-0.1, -0.05) is 36.4 Å². The van der Waals surface area contributed by atoms with Crippen molar-refractivity contribution < 1.29 is 9.53 Å². The molecule has 1 aliphatic heterocycles. The molecule has 2 aromatic carbocycles. The number of ketones is 1. The van der Waals surface area contributed by atoms with Crippen LogP contribution >= 0.6 is 0 Å². The van der Waals surface area contributed by atoms with Crippen molar-refractivity contribution in [2.75, 3.05) is 0 Å². The SMILES string of the molecule is Cc1ccc2c(c1)O/C(=C\c1ccccc1)C2=O. The van der Waals surface area contributed by atoms with Gasteiger partial charge in [0.2, 0.25) is 5.78 Å². The van der Waals surface area contributed by atoms with E-state index in [1.54, 1.807) is 6.08 Å². The number of Topliss-reactive ketones (excluding diaryl/α,β-unsaturated/α-hetero) is 1. The van der Waals surface area contributed by atoms with E-state index in [0.717, 1.165) is 11.1 Å². The predicted molar refractivity (Wildman–Crippen MR) is 70.6 cm³/mol. The third kappa shape index (κ3) is 1.82. The lowest BCUT2D eigenvalue weighted by atomic mass is 10.1. The molecule has 0 saturated heterocycles. The number of aryl methyl sites for hydroxylation is 1. The molecule has 0 atom stereocenters. The molecule has 88 valence electrons. The summed E-state index contributed by atoms with van der Waals surface area (Å²) in [5.41, 5.74) is 2.69. The summed E-state index contributed by atoms with van der Waals surface area (Å²) >= 11 is 0. The van der Waals surface area contributed by atoms with Gasteiger partial charge in [-0.2, -0.15) is 0 Å². The first-order valence-electron chi connectivity index (χ1n) is 5.84. The van der Waals surface area contributed by atoms with Crippen molar-refractivity contribution in [3.8, 4) is 5.75 Å². The molecule has 18 heavy (non-hydrogen) atoms. The van der Waals surface area contributed by atoms with E-state index in [1.807, 2.05) is 55.5 Å². The van der Waals surface area contributed by atoms with Gasteiger partial charge in [0.05, 0.1) is 5.56 Å². The van der Waals surface area contributed by atoms with Crippen molar-refractivity contribution in [2.24, 2.45) is 0 Å². The summed E-state index contributed by atoms with van der Waals surface area (Å²) in [4.78, 5) is 12.1. The molecule has 2 aromatic rings. The van der Waals surface area contributed by atoms with Gasteiger partial charge in [-0.05, 0) is 36.3 Å². The first kappa shape index (κ1) is 10.8. The highest BCUT2D eigenvalue weighted by atomic mass is 16.5. The van der Waals surface area contributed by atoms with E-state index in [4.69, 9.17) is 4.74 Å². The van der Waals surface area contributed by atoms with E-state index < -0.39 is 0 Å². The fourth-order valence-corrected chi connectivity index (χ4v) is 1.99. The van der Waals surface area contributed by atoms with Gasteiger partial charge in [0, 0.05) is 0 Å². The molecular formula is C16H12O2. The minimum Gasteiger partial charge on any atom is -0.452 e. The number of carbonyl (C=O) groups is 1. The molecule has 0 unspecified atom stereocenters. The van der Waals surface area contributed by atoms with Gasteiger partial charge < -0.3 is 4.74 Å². The minimum atomic E-state index is -0.0474. The largest absolute Gasteiger partial charge is 0.452 e. The summed E-state index contributed by atoms with van der Waals surface area (Å²) in [6.07, 6.45) is 1.78. The number of rotatable bonds is 1. The zero-order valence-corrected chi connectivity index (χ0v) is 10.0. The maximum Gasteiger partial charge on any atom is 0.231 e. The van der Waals surface area contributed by atoms with Gasteiger partial charge in [0.15, 0.2) is 5.76 Å². The molecular weight excluding hydrogens is 224 g/mol. The lowest BCUT2D eigenvalue weighted by molar-refractivity contribution is 0.101. The van der Waals surface area contributed by atoms with Crippen LogP contribution in [0.15, 0.2) is 54.3 Å². The van der Waals surface area contributed by atoms with Crippen LogP contribution in [0.1, 0.15) is 21.5 Å². The average molecular weight is 236 g/mol. The Bertz CT molecular complexity index is 639. The zero-order valence-electron chi connectivity index (χ0n) is 10.0. The van der Waals surface area contributed by atoms with Crippen molar-refractivity contribution >= 4 is 11.9 Å². The summed E-state index contributed by atoms with van der Waals surface area (Å²) in [5, 5.41) is 0. The highest BCUT2D eigenvalue weighted by Gasteiger charge is 2.26. The van der Waals surface area contributed by atoms with Crippen LogP contribution in [0.25, 0.3) is 6.08 Å². The monoisotopic (exact) mass is 236 g/mol. The number of ether oxygens (including phenoxy) is 1. The molecule has 0 fully saturated rings. The van der Waals surface area contributed by atoms with Crippen LogP contribution in [0.5, 0.6) is 5.75 Å². The lowest BCUT2D eigenvalue weighted by Gasteiger charge is -1.99.